The third-order valence-corrected chi connectivity index (χ3v) is 4.48. The lowest BCUT2D eigenvalue weighted by atomic mass is 10.0. The maximum atomic E-state index is 13.7. The Bertz CT molecular complexity index is 718. The Morgan fingerprint density at radius 2 is 2.04 bits per heavy atom. The second-order valence-electron chi connectivity index (χ2n) is 6.01. The maximum Gasteiger partial charge on any atom is 0.191 e. The number of anilines is 1. The smallest absolute Gasteiger partial charge is 0.191 e. The largest absolute Gasteiger partial charge is 0.394 e. The number of benzene rings is 1. The Hall–Kier alpha value is -1.44. The zero-order valence-electron chi connectivity index (χ0n) is 14.0. The number of halogens is 3. The Morgan fingerprint density at radius 3 is 2.72 bits per heavy atom. The van der Waals surface area contributed by atoms with Gasteiger partial charge in [-0.1, -0.05) is 49.3 Å². The first kappa shape index (κ1) is 19.9. The van der Waals surface area contributed by atoms with E-state index in [-0.39, 0.29) is 29.1 Å². The van der Waals surface area contributed by atoms with Crippen LogP contribution in [-0.4, -0.2) is 27.7 Å². The minimum Gasteiger partial charge on any atom is -0.394 e. The lowest BCUT2D eigenvalue weighted by Crippen LogP contribution is -2.26. The fourth-order valence-corrected chi connectivity index (χ4v) is 3.36. The number of hydrogen-bond donors (Lipinski definition) is 2. The number of aliphatic hydroxyl groups is 1. The molecule has 0 radical (unpaired) electrons. The van der Waals surface area contributed by atoms with E-state index in [1.54, 1.807) is 6.07 Å². The third-order valence-electron chi connectivity index (χ3n) is 3.39. The molecule has 0 spiro atoms. The van der Waals surface area contributed by atoms with Crippen molar-refractivity contribution in [3.05, 3.63) is 46.6 Å². The van der Waals surface area contributed by atoms with Gasteiger partial charge in [-0.05, 0) is 18.4 Å². The quantitative estimate of drug-likeness (QED) is 0.396. The number of nitrogens with zero attached hydrogens (tertiary/aromatic N) is 2. The SMILES string of the molecule is CC(C)C[C@H](CO)Nc1cc(Cl)nc(SCc2cccc(F)c2F)n1. The first-order chi connectivity index (χ1) is 11.9. The van der Waals surface area contributed by atoms with E-state index in [2.05, 4.69) is 29.1 Å². The topological polar surface area (TPSA) is 58.0 Å². The van der Waals surface area contributed by atoms with Crippen molar-refractivity contribution >= 4 is 29.2 Å². The fraction of sp³-hybridized carbons (Fsp3) is 0.412. The molecule has 2 aromatic rings. The standard InChI is InChI=1S/C17H20ClF2N3OS/c1-10(2)6-12(8-24)21-15-7-14(18)22-17(23-15)25-9-11-4-3-5-13(19)16(11)20/h3-5,7,10,12,24H,6,8-9H2,1-2H3,(H,21,22,23)/t12-/m1/s1. The second kappa shape index (κ2) is 9.31. The molecule has 0 amide bonds. The van der Waals surface area contributed by atoms with Crippen LogP contribution in [0.15, 0.2) is 29.4 Å². The van der Waals surface area contributed by atoms with E-state index in [0.717, 1.165) is 24.2 Å². The summed E-state index contributed by atoms with van der Waals surface area (Å²) in [5.74, 6) is -0.674. The van der Waals surface area contributed by atoms with Crippen LogP contribution in [0.4, 0.5) is 14.6 Å². The molecular formula is C17H20ClF2N3OS. The molecule has 0 bridgehead atoms. The van der Waals surface area contributed by atoms with Gasteiger partial charge in [-0.25, -0.2) is 18.7 Å². The highest BCUT2D eigenvalue weighted by molar-refractivity contribution is 7.98. The van der Waals surface area contributed by atoms with Gasteiger partial charge in [0.25, 0.3) is 0 Å². The molecule has 0 aliphatic heterocycles. The second-order valence-corrected chi connectivity index (χ2v) is 7.34. The minimum atomic E-state index is -0.882. The van der Waals surface area contributed by atoms with E-state index in [1.807, 2.05) is 0 Å². The van der Waals surface area contributed by atoms with E-state index in [9.17, 15) is 13.9 Å². The van der Waals surface area contributed by atoms with Crippen molar-refractivity contribution in [3.8, 4) is 0 Å². The van der Waals surface area contributed by atoms with Crippen LogP contribution in [0.2, 0.25) is 5.15 Å². The van der Waals surface area contributed by atoms with Gasteiger partial charge < -0.3 is 10.4 Å². The summed E-state index contributed by atoms with van der Waals surface area (Å²) in [6.07, 6.45) is 0.773. The van der Waals surface area contributed by atoms with Crippen molar-refractivity contribution in [2.75, 3.05) is 11.9 Å². The summed E-state index contributed by atoms with van der Waals surface area (Å²) in [7, 11) is 0. The van der Waals surface area contributed by atoms with Crippen LogP contribution in [0, 0.1) is 17.6 Å². The molecule has 2 rings (SSSR count). The van der Waals surface area contributed by atoms with Crippen LogP contribution >= 0.6 is 23.4 Å². The van der Waals surface area contributed by atoms with Gasteiger partial charge in [0.15, 0.2) is 16.8 Å². The molecule has 1 heterocycles. The number of aliphatic hydroxyl groups excluding tert-OH is 1. The van der Waals surface area contributed by atoms with E-state index in [4.69, 9.17) is 11.6 Å². The van der Waals surface area contributed by atoms with Crippen molar-refractivity contribution in [2.24, 2.45) is 5.92 Å². The highest BCUT2D eigenvalue weighted by atomic mass is 35.5. The first-order valence-corrected chi connectivity index (χ1v) is 9.23. The number of nitrogens with one attached hydrogen (secondary N) is 1. The summed E-state index contributed by atoms with van der Waals surface area (Å²) in [5.41, 5.74) is 0.233. The predicted octanol–water partition coefficient (Wildman–Crippen LogP) is 4.52. The first-order valence-electron chi connectivity index (χ1n) is 7.86. The van der Waals surface area contributed by atoms with Crippen molar-refractivity contribution in [3.63, 3.8) is 0 Å². The summed E-state index contributed by atoms with van der Waals surface area (Å²) in [6.45, 7) is 4.09. The van der Waals surface area contributed by atoms with E-state index in [1.165, 1.54) is 12.1 Å². The monoisotopic (exact) mass is 387 g/mol. The average molecular weight is 388 g/mol. The molecule has 1 aromatic heterocycles. The van der Waals surface area contributed by atoms with Gasteiger partial charge in [0.2, 0.25) is 0 Å². The van der Waals surface area contributed by atoms with Gasteiger partial charge in [-0.2, -0.15) is 0 Å². The van der Waals surface area contributed by atoms with E-state index in [0.29, 0.717) is 16.9 Å². The summed E-state index contributed by atoms with van der Waals surface area (Å²) in [6, 6.07) is 5.46. The molecular weight excluding hydrogens is 368 g/mol. The zero-order chi connectivity index (χ0) is 18.4. The van der Waals surface area contributed by atoms with Gasteiger partial charge in [0.05, 0.1) is 12.6 Å². The van der Waals surface area contributed by atoms with Crippen LogP contribution in [0.5, 0.6) is 0 Å². The summed E-state index contributed by atoms with van der Waals surface area (Å²) >= 11 is 7.18. The molecule has 8 heteroatoms. The predicted molar refractivity (Wildman–Crippen MR) is 96.9 cm³/mol. The molecule has 0 saturated heterocycles. The van der Waals surface area contributed by atoms with Crippen molar-refractivity contribution in [1.82, 2.24) is 9.97 Å². The van der Waals surface area contributed by atoms with Crippen LogP contribution in [0.3, 0.4) is 0 Å². The number of rotatable bonds is 8. The highest BCUT2D eigenvalue weighted by Gasteiger charge is 2.13. The van der Waals surface area contributed by atoms with Gasteiger partial charge in [0.1, 0.15) is 11.0 Å². The van der Waals surface area contributed by atoms with Gasteiger partial charge in [-0.15, -0.1) is 0 Å². The van der Waals surface area contributed by atoms with Crippen LogP contribution in [-0.2, 0) is 5.75 Å². The van der Waals surface area contributed by atoms with Gasteiger partial charge >= 0.3 is 0 Å². The van der Waals surface area contributed by atoms with Gasteiger partial charge in [0, 0.05) is 17.4 Å². The van der Waals surface area contributed by atoms with Gasteiger partial charge in [-0.3, -0.25) is 0 Å². The third kappa shape index (κ3) is 6.09. The van der Waals surface area contributed by atoms with Crippen LogP contribution < -0.4 is 5.32 Å². The van der Waals surface area contributed by atoms with Crippen molar-refractivity contribution in [1.29, 1.82) is 0 Å². The van der Waals surface area contributed by atoms with Crippen LogP contribution in [0.1, 0.15) is 25.8 Å². The summed E-state index contributed by atoms with van der Waals surface area (Å²) < 4.78 is 27.0. The molecule has 0 saturated carbocycles. The highest BCUT2D eigenvalue weighted by Crippen LogP contribution is 2.25. The zero-order valence-corrected chi connectivity index (χ0v) is 15.5. The molecule has 136 valence electrons. The van der Waals surface area contributed by atoms with Crippen LogP contribution in [0.25, 0.3) is 0 Å². The lowest BCUT2D eigenvalue weighted by molar-refractivity contribution is 0.259. The number of aromatic nitrogens is 2. The maximum absolute atomic E-state index is 13.7. The molecule has 1 atom stereocenters. The average Bonchev–Trinajstić information content (AvgIpc) is 2.54. The molecule has 1 aromatic carbocycles. The molecule has 2 N–H and O–H groups in total. The lowest BCUT2D eigenvalue weighted by Gasteiger charge is -2.19. The van der Waals surface area contributed by atoms with E-state index < -0.39 is 11.6 Å². The Labute approximate surface area is 155 Å². The van der Waals surface area contributed by atoms with Crippen molar-refractivity contribution in [2.45, 2.75) is 37.2 Å². The summed E-state index contributed by atoms with van der Waals surface area (Å²) in [5, 5.41) is 13.2. The number of hydrogen-bond acceptors (Lipinski definition) is 5. The molecule has 0 unspecified atom stereocenters. The fourth-order valence-electron chi connectivity index (χ4n) is 2.29. The molecule has 0 aliphatic carbocycles. The number of thioether (sulfide) groups is 1. The van der Waals surface area contributed by atoms with Crippen molar-refractivity contribution < 1.29 is 13.9 Å². The molecule has 25 heavy (non-hydrogen) atoms. The Morgan fingerprint density at radius 1 is 1.28 bits per heavy atom. The van der Waals surface area contributed by atoms with E-state index >= 15 is 0 Å². The Kier molecular flexibility index (Phi) is 7.40. The molecule has 0 aliphatic rings. The normalized spacial score (nSPS) is 12.4. The minimum absolute atomic E-state index is 0.0310. The molecule has 0 fully saturated rings. The Balaban J connectivity index is 2.09. The summed E-state index contributed by atoms with van der Waals surface area (Å²) in [4.78, 5) is 8.42. The molecule has 4 nitrogen and oxygen atoms in total.